The van der Waals surface area contributed by atoms with E-state index in [0.717, 1.165) is 18.2 Å². The number of ether oxygens (including phenoxy) is 8. The third kappa shape index (κ3) is 10.3. The van der Waals surface area contributed by atoms with Gasteiger partial charge in [0, 0.05) is 23.8 Å². The van der Waals surface area contributed by atoms with Crippen molar-refractivity contribution in [2.45, 2.75) is 92.1 Å². The van der Waals surface area contributed by atoms with E-state index in [9.17, 15) is 76.0 Å². The minimum Gasteiger partial charge on any atom is -0.508 e. The van der Waals surface area contributed by atoms with Gasteiger partial charge in [-0.3, -0.25) is 4.79 Å². The Balaban J connectivity index is 1.17. The summed E-state index contributed by atoms with van der Waals surface area (Å²) in [5.41, 5.74) is -1.05. The molecule has 0 aliphatic carbocycles. The van der Waals surface area contributed by atoms with Crippen LogP contribution >= 0.6 is 0 Å². The molecular formula is C43H48O24. The molecule has 67 heavy (non-hydrogen) atoms. The number of carbonyl (C=O) groups is 1. The Kier molecular flexibility index (Phi) is 15.2. The van der Waals surface area contributed by atoms with E-state index in [1.165, 1.54) is 55.7 Å². The first-order valence-corrected chi connectivity index (χ1v) is 20.4. The summed E-state index contributed by atoms with van der Waals surface area (Å²) >= 11 is 0. The molecule has 0 saturated carbocycles. The largest absolute Gasteiger partial charge is 0.508 e. The predicted molar refractivity (Wildman–Crippen MR) is 220 cm³/mol. The van der Waals surface area contributed by atoms with Crippen molar-refractivity contribution in [1.82, 2.24) is 0 Å². The van der Waals surface area contributed by atoms with Crippen molar-refractivity contribution in [2.24, 2.45) is 0 Å². The lowest BCUT2D eigenvalue weighted by atomic mass is 9.97. The van der Waals surface area contributed by atoms with Crippen molar-refractivity contribution in [1.29, 1.82) is 0 Å². The average molecular weight is 949 g/mol. The van der Waals surface area contributed by atoms with Gasteiger partial charge in [-0.2, -0.15) is 0 Å². The predicted octanol–water partition coefficient (Wildman–Crippen LogP) is -2.97. The summed E-state index contributed by atoms with van der Waals surface area (Å²) in [5, 5.41) is 136. The van der Waals surface area contributed by atoms with Crippen LogP contribution < -0.4 is 19.6 Å². The zero-order valence-corrected chi connectivity index (χ0v) is 34.9. The molecule has 364 valence electrons. The SMILES string of the molecule is COc1cc(C=CC(=O)OCC2OC(OC3C(Oc4c(-c5ccc(O)cc5)oc5cc(OC6OC(CO)C(O)C(O)C6O)cc(O)c5c4=O)OC(CO)C(O)C3O)C(O)C(O)C2O)ccc1O. The number of methoxy groups -OCH3 is 1. The van der Waals surface area contributed by atoms with Crippen LogP contribution in [0, 0.1) is 0 Å². The molecule has 1 aromatic heterocycles. The summed E-state index contributed by atoms with van der Waals surface area (Å²) in [6.07, 6.45) is -25.5. The van der Waals surface area contributed by atoms with Gasteiger partial charge in [-0.05, 0) is 48.0 Å². The molecule has 24 heteroatoms. The molecule has 3 aliphatic rings. The summed E-state index contributed by atoms with van der Waals surface area (Å²) in [4.78, 5) is 27.1. The van der Waals surface area contributed by atoms with Gasteiger partial charge in [-0.25, -0.2) is 4.79 Å². The van der Waals surface area contributed by atoms with Gasteiger partial charge in [0.25, 0.3) is 0 Å². The van der Waals surface area contributed by atoms with Crippen molar-refractivity contribution >= 4 is 23.0 Å². The van der Waals surface area contributed by atoms with E-state index in [0.29, 0.717) is 5.56 Å². The fraction of sp³-hybridized carbons (Fsp3) is 0.442. The van der Waals surface area contributed by atoms with Gasteiger partial charge in [-0.1, -0.05) is 6.07 Å². The fourth-order valence-corrected chi connectivity index (χ4v) is 7.44. The Bertz CT molecular complexity index is 2440. The lowest BCUT2D eigenvalue weighted by Crippen LogP contribution is -2.65. The number of hydrogen-bond donors (Lipinski definition) is 13. The number of esters is 1. The monoisotopic (exact) mass is 948 g/mol. The van der Waals surface area contributed by atoms with Crippen LogP contribution in [0.2, 0.25) is 0 Å². The first-order valence-electron chi connectivity index (χ1n) is 20.4. The Morgan fingerprint density at radius 1 is 0.672 bits per heavy atom. The van der Waals surface area contributed by atoms with Gasteiger partial charge in [0.15, 0.2) is 29.7 Å². The first-order chi connectivity index (χ1) is 31.9. The minimum atomic E-state index is -2.10. The molecule has 24 nitrogen and oxygen atoms in total. The quantitative estimate of drug-likeness (QED) is 0.0443. The molecule has 3 saturated heterocycles. The van der Waals surface area contributed by atoms with E-state index in [1.807, 2.05) is 0 Å². The van der Waals surface area contributed by atoms with Crippen molar-refractivity contribution < 1.29 is 113 Å². The Hall–Kier alpha value is -5.68. The molecule has 3 aliphatic heterocycles. The summed E-state index contributed by atoms with van der Waals surface area (Å²) in [6.45, 7) is -2.45. The summed E-state index contributed by atoms with van der Waals surface area (Å²) in [7, 11) is 1.33. The minimum absolute atomic E-state index is 0.0392. The maximum atomic E-state index is 14.4. The molecule has 0 bridgehead atoms. The third-order valence-electron chi connectivity index (χ3n) is 11.2. The number of fused-ring (bicyclic) bond motifs is 1. The van der Waals surface area contributed by atoms with Crippen LogP contribution in [0.3, 0.4) is 0 Å². The van der Waals surface area contributed by atoms with Gasteiger partial charge in [-0.15, -0.1) is 0 Å². The number of benzene rings is 3. The number of carbonyl (C=O) groups excluding carboxylic acids is 1. The molecule has 13 N–H and O–H groups in total. The van der Waals surface area contributed by atoms with Crippen LogP contribution in [0.15, 0.2) is 69.9 Å². The maximum absolute atomic E-state index is 14.4. The van der Waals surface area contributed by atoms with Crippen molar-refractivity contribution in [3.05, 3.63) is 76.5 Å². The van der Waals surface area contributed by atoms with Crippen LogP contribution in [-0.2, 0) is 28.5 Å². The van der Waals surface area contributed by atoms with Crippen molar-refractivity contribution in [3.8, 4) is 45.8 Å². The van der Waals surface area contributed by atoms with E-state index in [-0.39, 0.29) is 28.6 Å². The zero-order chi connectivity index (χ0) is 48.4. The van der Waals surface area contributed by atoms with E-state index >= 15 is 0 Å². The van der Waals surface area contributed by atoms with Gasteiger partial charge < -0.3 is 109 Å². The van der Waals surface area contributed by atoms with E-state index in [2.05, 4.69) is 0 Å². The van der Waals surface area contributed by atoms with Crippen molar-refractivity contribution in [3.63, 3.8) is 0 Å². The summed E-state index contributed by atoms with van der Waals surface area (Å²) in [6, 6.07) is 11.2. The molecule has 4 aromatic rings. The van der Waals surface area contributed by atoms with E-state index in [4.69, 9.17) is 42.3 Å². The molecule has 7 rings (SSSR count). The third-order valence-corrected chi connectivity index (χ3v) is 11.2. The fourth-order valence-electron chi connectivity index (χ4n) is 7.44. The highest BCUT2D eigenvalue weighted by Gasteiger charge is 2.52. The molecule has 15 unspecified atom stereocenters. The van der Waals surface area contributed by atoms with Crippen molar-refractivity contribution in [2.75, 3.05) is 26.9 Å². The summed E-state index contributed by atoms with van der Waals surface area (Å²) < 4.78 is 50.6. The summed E-state index contributed by atoms with van der Waals surface area (Å²) in [5.74, 6) is -3.51. The molecule has 0 radical (unpaired) electrons. The molecule has 4 heterocycles. The average Bonchev–Trinajstić information content (AvgIpc) is 3.31. The van der Waals surface area contributed by atoms with E-state index < -0.39 is 152 Å². The lowest BCUT2D eigenvalue weighted by molar-refractivity contribution is -0.358. The second-order valence-corrected chi connectivity index (χ2v) is 15.6. The maximum Gasteiger partial charge on any atom is 0.330 e. The lowest BCUT2D eigenvalue weighted by Gasteiger charge is -2.45. The van der Waals surface area contributed by atoms with Gasteiger partial charge in [0.1, 0.15) is 102 Å². The number of hydrogen-bond acceptors (Lipinski definition) is 24. The number of rotatable bonds is 14. The van der Waals surface area contributed by atoms with Crippen LogP contribution in [0.5, 0.6) is 34.5 Å². The van der Waals surface area contributed by atoms with Gasteiger partial charge in [0.05, 0.1) is 20.3 Å². The molecular weight excluding hydrogens is 900 g/mol. The molecule has 3 aromatic carbocycles. The smallest absolute Gasteiger partial charge is 0.330 e. The highest BCUT2D eigenvalue weighted by atomic mass is 16.8. The molecule has 15 atom stereocenters. The van der Waals surface area contributed by atoms with Crippen LogP contribution in [0.25, 0.3) is 28.4 Å². The van der Waals surface area contributed by atoms with Crippen LogP contribution in [0.1, 0.15) is 5.56 Å². The molecule has 3 fully saturated rings. The standard InChI is InChI=1S/C43H48O24/c1-59-22-10-16(2-8-20(22)47)3-9-27(49)60-15-26-31(52)34(55)37(58)42(65-26)67-40-35(56)30(51)25(14-45)64-43(40)66-39-32(53)28-21(48)11-19(61-41-36(57)33(54)29(50)24(13-44)63-41)12-23(28)62-38(39)17-4-6-18(46)7-5-17/h2-12,24-26,29-31,33-37,40-48,50-52,54-58H,13-15H2,1H3. The second-order valence-electron chi connectivity index (χ2n) is 15.6. The number of aliphatic hydroxyl groups excluding tert-OH is 10. The zero-order valence-electron chi connectivity index (χ0n) is 34.9. The van der Waals surface area contributed by atoms with Crippen LogP contribution in [-0.4, -0.2) is 191 Å². The number of aliphatic hydroxyl groups is 10. The van der Waals surface area contributed by atoms with Gasteiger partial charge >= 0.3 is 5.97 Å². The van der Waals surface area contributed by atoms with E-state index in [1.54, 1.807) is 0 Å². The topological polar surface area (TPSA) is 384 Å². The highest BCUT2D eigenvalue weighted by Crippen LogP contribution is 2.39. The molecule has 0 spiro atoms. The number of phenolic OH excluding ortho intramolecular Hbond substituents is 3. The highest BCUT2D eigenvalue weighted by molar-refractivity contribution is 5.88. The Labute approximate surface area is 377 Å². The number of aromatic hydroxyl groups is 3. The second kappa shape index (κ2) is 20.7. The normalized spacial score (nSPS) is 32.3. The molecule has 0 amide bonds. The van der Waals surface area contributed by atoms with Gasteiger partial charge in [0.2, 0.25) is 23.8 Å². The Morgan fingerprint density at radius 3 is 1.94 bits per heavy atom. The Morgan fingerprint density at radius 2 is 1.28 bits per heavy atom. The number of phenols is 3. The van der Waals surface area contributed by atoms with Crippen LogP contribution in [0.4, 0.5) is 0 Å². The first kappa shape index (κ1) is 49.2.